The summed E-state index contributed by atoms with van der Waals surface area (Å²) in [5.74, 6) is 0. The largest absolute Gasteiger partial charge is 0.394 e. The van der Waals surface area contributed by atoms with Crippen LogP contribution in [0.3, 0.4) is 0 Å². The van der Waals surface area contributed by atoms with Crippen LogP contribution in [0.2, 0.25) is 0 Å². The van der Waals surface area contributed by atoms with Crippen molar-refractivity contribution in [3.63, 3.8) is 0 Å². The fourth-order valence-electron chi connectivity index (χ4n) is 6.53. The number of unbranched alkanes of at least 4 members (excludes halogenated alkanes) is 25. The molecule has 3 heteroatoms. The predicted molar refractivity (Wildman–Crippen MR) is 221 cm³/mol. The molecule has 0 spiro atoms. The normalized spacial score (nSPS) is 13.1. The fraction of sp³-hybridized carbons (Fsp3) is 0.826. The molecule has 0 fully saturated rings. The van der Waals surface area contributed by atoms with E-state index in [9.17, 15) is 10.2 Å². The summed E-state index contributed by atoms with van der Waals surface area (Å²) in [6.07, 6.45) is 58.9. The standard InChI is InChI=1S/C46H87NO2/c1-3-5-7-9-11-13-15-17-19-21-23-25-27-29-31-33-35-37-39-41-43-47(44-46(49)45-48)42-40-38-36-34-32-30-28-26-24-22-20-18-16-14-12-10-8-6-4-2/h11-14,17-20,46,48-49H,3-10,15-16,21-45H2,1-2H3/b13-11-,14-12-,19-17-,20-18-. The second-order valence-electron chi connectivity index (χ2n) is 14.8. The second-order valence-corrected chi connectivity index (χ2v) is 14.8. The van der Waals surface area contributed by atoms with E-state index in [1.807, 2.05) is 0 Å². The van der Waals surface area contributed by atoms with Gasteiger partial charge in [0.1, 0.15) is 0 Å². The topological polar surface area (TPSA) is 43.7 Å². The Bertz CT molecular complexity index is 727. The molecule has 0 heterocycles. The highest BCUT2D eigenvalue weighted by Gasteiger charge is 2.10. The fourth-order valence-corrected chi connectivity index (χ4v) is 6.53. The van der Waals surface area contributed by atoms with Crippen LogP contribution in [0, 0.1) is 0 Å². The van der Waals surface area contributed by atoms with Crippen molar-refractivity contribution >= 4 is 0 Å². The van der Waals surface area contributed by atoms with E-state index in [1.165, 1.54) is 186 Å². The highest BCUT2D eigenvalue weighted by Crippen LogP contribution is 2.14. The first-order valence-electron chi connectivity index (χ1n) is 21.9. The molecule has 3 nitrogen and oxygen atoms in total. The highest BCUT2D eigenvalue weighted by atomic mass is 16.3. The van der Waals surface area contributed by atoms with Crippen molar-refractivity contribution in [2.75, 3.05) is 26.2 Å². The Morgan fingerprint density at radius 3 is 0.980 bits per heavy atom. The number of aliphatic hydroxyl groups excluding tert-OH is 2. The average molecular weight is 686 g/mol. The maximum absolute atomic E-state index is 10.0. The van der Waals surface area contributed by atoms with Crippen LogP contribution in [0.5, 0.6) is 0 Å². The molecule has 0 aromatic carbocycles. The van der Waals surface area contributed by atoms with Crippen molar-refractivity contribution in [2.24, 2.45) is 0 Å². The molecule has 1 atom stereocenters. The smallest absolute Gasteiger partial charge is 0.0897 e. The minimum absolute atomic E-state index is 0.128. The summed E-state index contributed by atoms with van der Waals surface area (Å²) in [5.41, 5.74) is 0. The van der Waals surface area contributed by atoms with E-state index in [4.69, 9.17) is 0 Å². The zero-order chi connectivity index (χ0) is 35.6. The van der Waals surface area contributed by atoms with Crippen molar-refractivity contribution in [1.82, 2.24) is 4.90 Å². The third-order valence-corrected chi connectivity index (χ3v) is 9.78. The van der Waals surface area contributed by atoms with Crippen molar-refractivity contribution in [1.29, 1.82) is 0 Å². The van der Waals surface area contributed by atoms with Gasteiger partial charge in [-0.15, -0.1) is 0 Å². The van der Waals surface area contributed by atoms with E-state index in [1.54, 1.807) is 0 Å². The van der Waals surface area contributed by atoms with Crippen molar-refractivity contribution in [3.8, 4) is 0 Å². The third-order valence-electron chi connectivity index (χ3n) is 9.78. The molecule has 0 saturated carbocycles. The number of rotatable bonds is 40. The maximum Gasteiger partial charge on any atom is 0.0897 e. The number of nitrogens with zero attached hydrogens (tertiary/aromatic N) is 1. The summed E-state index contributed by atoms with van der Waals surface area (Å²) >= 11 is 0. The molecular weight excluding hydrogens is 599 g/mol. The van der Waals surface area contributed by atoms with Crippen LogP contribution >= 0.6 is 0 Å². The molecule has 1 unspecified atom stereocenters. The van der Waals surface area contributed by atoms with E-state index in [2.05, 4.69) is 67.4 Å². The molecule has 0 saturated heterocycles. The van der Waals surface area contributed by atoms with Crippen LogP contribution in [-0.4, -0.2) is 47.5 Å². The van der Waals surface area contributed by atoms with Crippen molar-refractivity contribution in [3.05, 3.63) is 48.6 Å². The van der Waals surface area contributed by atoms with Crippen molar-refractivity contribution < 1.29 is 10.2 Å². The van der Waals surface area contributed by atoms with E-state index in [0.717, 1.165) is 25.9 Å². The SMILES string of the molecule is CCCCC/C=C\C/C=C\CCCCCCCCCCCCN(CCCCCCCCCCC/C=C\C/C=C\CCCCC)CC(O)CO. The quantitative estimate of drug-likeness (QED) is 0.0498. The van der Waals surface area contributed by atoms with Gasteiger partial charge in [0.15, 0.2) is 0 Å². The first kappa shape index (κ1) is 47.8. The lowest BCUT2D eigenvalue weighted by molar-refractivity contribution is 0.0579. The molecule has 0 aliphatic carbocycles. The Morgan fingerprint density at radius 2 is 0.673 bits per heavy atom. The van der Waals surface area contributed by atoms with Crippen molar-refractivity contribution in [2.45, 2.75) is 219 Å². The summed E-state index contributed by atoms with van der Waals surface area (Å²) in [6.45, 7) is 7.14. The molecule has 288 valence electrons. The summed E-state index contributed by atoms with van der Waals surface area (Å²) in [4.78, 5) is 2.40. The molecule has 0 radical (unpaired) electrons. The third kappa shape index (κ3) is 41.1. The minimum Gasteiger partial charge on any atom is -0.394 e. The number of allylic oxidation sites excluding steroid dienone is 8. The van der Waals surface area contributed by atoms with E-state index < -0.39 is 6.10 Å². The minimum atomic E-state index is -0.606. The Labute approximate surface area is 308 Å². The van der Waals surface area contributed by atoms with Crippen LogP contribution in [-0.2, 0) is 0 Å². The Hall–Kier alpha value is -1.16. The molecule has 0 aromatic heterocycles. The Morgan fingerprint density at radius 1 is 0.388 bits per heavy atom. The molecule has 0 aliphatic heterocycles. The van der Waals surface area contributed by atoms with Gasteiger partial charge < -0.3 is 15.1 Å². The van der Waals surface area contributed by atoms with E-state index in [-0.39, 0.29) is 6.61 Å². The first-order valence-corrected chi connectivity index (χ1v) is 21.9. The van der Waals surface area contributed by atoms with Gasteiger partial charge in [-0.25, -0.2) is 0 Å². The molecule has 0 amide bonds. The lowest BCUT2D eigenvalue weighted by Gasteiger charge is -2.24. The summed E-state index contributed by atoms with van der Waals surface area (Å²) < 4.78 is 0. The first-order chi connectivity index (χ1) is 24.2. The predicted octanol–water partition coefficient (Wildman–Crippen LogP) is 14.0. The zero-order valence-electron chi connectivity index (χ0n) is 33.3. The Balaban J connectivity index is 3.62. The average Bonchev–Trinajstić information content (AvgIpc) is 3.11. The summed E-state index contributed by atoms with van der Waals surface area (Å²) in [5, 5.41) is 19.4. The maximum atomic E-state index is 10.0. The van der Waals surface area contributed by atoms with Crippen LogP contribution < -0.4 is 0 Å². The molecule has 2 N–H and O–H groups in total. The van der Waals surface area contributed by atoms with Gasteiger partial charge in [-0.3, -0.25) is 0 Å². The van der Waals surface area contributed by atoms with Gasteiger partial charge in [0.25, 0.3) is 0 Å². The zero-order valence-corrected chi connectivity index (χ0v) is 33.3. The molecular formula is C46H87NO2. The summed E-state index contributed by atoms with van der Waals surface area (Å²) in [7, 11) is 0. The van der Waals surface area contributed by atoms with Gasteiger partial charge in [0.2, 0.25) is 0 Å². The van der Waals surface area contributed by atoms with E-state index in [0.29, 0.717) is 6.54 Å². The number of aliphatic hydroxyl groups is 2. The molecule has 0 rings (SSSR count). The lowest BCUT2D eigenvalue weighted by Crippen LogP contribution is -2.35. The second kappa shape index (κ2) is 43.0. The monoisotopic (exact) mass is 686 g/mol. The van der Waals surface area contributed by atoms with Gasteiger partial charge in [-0.05, 0) is 90.1 Å². The van der Waals surface area contributed by atoms with Crippen LogP contribution in [0.1, 0.15) is 213 Å². The van der Waals surface area contributed by atoms with Crippen LogP contribution in [0.25, 0.3) is 0 Å². The van der Waals surface area contributed by atoms with Gasteiger partial charge in [-0.1, -0.05) is 184 Å². The van der Waals surface area contributed by atoms with Gasteiger partial charge in [0, 0.05) is 6.54 Å². The van der Waals surface area contributed by atoms with E-state index >= 15 is 0 Å². The van der Waals surface area contributed by atoms with Gasteiger partial charge >= 0.3 is 0 Å². The van der Waals surface area contributed by atoms with Crippen LogP contribution in [0.15, 0.2) is 48.6 Å². The molecule has 49 heavy (non-hydrogen) atoms. The van der Waals surface area contributed by atoms with Gasteiger partial charge in [-0.2, -0.15) is 0 Å². The Kier molecular flexibility index (Phi) is 42.0. The van der Waals surface area contributed by atoms with Crippen LogP contribution in [0.4, 0.5) is 0 Å². The number of hydrogen-bond donors (Lipinski definition) is 2. The molecule has 0 bridgehead atoms. The lowest BCUT2D eigenvalue weighted by atomic mass is 10.1. The molecule has 0 aliphatic rings. The van der Waals surface area contributed by atoms with Gasteiger partial charge in [0.05, 0.1) is 12.7 Å². The number of hydrogen-bond acceptors (Lipinski definition) is 3. The highest BCUT2D eigenvalue weighted by molar-refractivity contribution is 4.93. The molecule has 0 aromatic rings. The summed E-state index contributed by atoms with van der Waals surface area (Å²) in [6, 6.07) is 0.